The van der Waals surface area contributed by atoms with Crippen molar-refractivity contribution in [3.63, 3.8) is 0 Å². The van der Waals surface area contributed by atoms with Crippen LogP contribution >= 0.6 is 11.3 Å². The quantitative estimate of drug-likeness (QED) is 0.726. The maximum absolute atomic E-state index is 12.5. The van der Waals surface area contributed by atoms with Crippen LogP contribution in [-0.4, -0.2) is 34.1 Å². The highest BCUT2D eigenvalue weighted by molar-refractivity contribution is 7.22. The molecule has 2 N–H and O–H groups in total. The Labute approximate surface area is 156 Å². The van der Waals surface area contributed by atoms with Crippen molar-refractivity contribution in [2.45, 2.75) is 18.9 Å². The van der Waals surface area contributed by atoms with Crippen molar-refractivity contribution in [3.8, 4) is 0 Å². The Kier molecular flexibility index (Phi) is 4.86. The molecule has 0 unspecified atom stereocenters. The zero-order valence-corrected chi connectivity index (χ0v) is 15.2. The van der Waals surface area contributed by atoms with Crippen LogP contribution < -0.4 is 5.32 Å². The summed E-state index contributed by atoms with van der Waals surface area (Å²) in [5.41, 5.74) is 1.85. The lowest BCUT2D eigenvalue weighted by atomic mass is 9.87. The molecule has 0 spiro atoms. The average molecular weight is 367 g/mol. The molecule has 4 rings (SSSR count). The number of aromatic nitrogens is 1. The lowest BCUT2D eigenvalue weighted by molar-refractivity contribution is 0.0683. The van der Waals surface area contributed by atoms with Crippen molar-refractivity contribution in [1.82, 2.24) is 9.88 Å². The lowest BCUT2D eigenvalue weighted by Gasteiger charge is -2.34. The van der Waals surface area contributed by atoms with Gasteiger partial charge in [-0.1, -0.05) is 53.8 Å². The smallest absolute Gasteiger partial charge is 0.323 e. The molecule has 5 nitrogen and oxygen atoms in total. The highest BCUT2D eigenvalue weighted by Gasteiger charge is 2.28. The summed E-state index contributed by atoms with van der Waals surface area (Å²) in [4.78, 5) is 18.8. The molecule has 1 atom stereocenters. The Bertz CT molecular complexity index is 855. The number of amides is 2. The fraction of sp³-hybridized carbons (Fsp3) is 0.300. The summed E-state index contributed by atoms with van der Waals surface area (Å²) >= 11 is 1.48. The fourth-order valence-electron chi connectivity index (χ4n) is 3.44. The van der Waals surface area contributed by atoms with E-state index >= 15 is 0 Å². The van der Waals surface area contributed by atoms with E-state index in [1.807, 2.05) is 54.6 Å². The minimum atomic E-state index is -0.467. The second kappa shape index (κ2) is 7.43. The number of fused-ring (bicyclic) bond motifs is 1. The second-order valence-corrected chi connectivity index (χ2v) is 7.63. The van der Waals surface area contributed by atoms with Gasteiger partial charge in [0.25, 0.3) is 0 Å². The zero-order valence-electron chi connectivity index (χ0n) is 14.3. The number of aliphatic hydroxyl groups is 1. The largest absolute Gasteiger partial charge is 0.388 e. The van der Waals surface area contributed by atoms with Gasteiger partial charge in [-0.25, -0.2) is 9.78 Å². The van der Waals surface area contributed by atoms with E-state index in [1.54, 1.807) is 4.90 Å². The van der Waals surface area contributed by atoms with E-state index in [0.717, 1.165) is 28.6 Å². The van der Waals surface area contributed by atoms with E-state index in [1.165, 1.54) is 11.3 Å². The van der Waals surface area contributed by atoms with Crippen molar-refractivity contribution in [2.24, 2.45) is 5.92 Å². The number of carbonyl (C=O) groups is 1. The lowest BCUT2D eigenvalue weighted by Crippen LogP contribution is -2.42. The molecule has 1 saturated heterocycles. The summed E-state index contributed by atoms with van der Waals surface area (Å²) in [5.74, 6) is 0.184. The molecule has 6 heteroatoms. The molecule has 1 aliphatic heterocycles. The van der Waals surface area contributed by atoms with Gasteiger partial charge in [0.05, 0.1) is 16.3 Å². The number of anilines is 1. The second-order valence-electron chi connectivity index (χ2n) is 6.60. The molecule has 1 fully saturated rings. The summed E-state index contributed by atoms with van der Waals surface area (Å²) in [5, 5.41) is 14.1. The molecule has 0 aliphatic carbocycles. The number of hydrogen-bond donors (Lipinski definition) is 2. The predicted molar refractivity (Wildman–Crippen MR) is 104 cm³/mol. The molecule has 1 aromatic heterocycles. The third kappa shape index (κ3) is 3.57. The van der Waals surface area contributed by atoms with E-state index in [0.29, 0.717) is 18.2 Å². The summed E-state index contributed by atoms with van der Waals surface area (Å²) < 4.78 is 1.06. The van der Waals surface area contributed by atoms with E-state index in [-0.39, 0.29) is 11.9 Å². The van der Waals surface area contributed by atoms with Gasteiger partial charge in [-0.15, -0.1) is 0 Å². The van der Waals surface area contributed by atoms with Gasteiger partial charge in [0, 0.05) is 13.1 Å². The van der Waals surface area contributed by atoms with Crippen molar-refractivity contribution in [2.75, 3.05) is 18.4 Å². The van der Waals surface area contributed by atoms with Gasteiger partial charge in [-0.2, -0.15) is 0 Å². The van der Waals surface area contributed by atoms with Crippen LogP contribution in [0.25, 0.3) is 10.2 Å². The van der Waals surface area contributed by atoms with Crippen molar-refractivity contribution < 1.29 is 9.90 Å². The van der Waals surface area contributed by atoms with Crippen LogP contribution in [0.3, 0.4) is 0 Å². The Morgan fingerprint density at radius 2 is 1.81 bits per heavy atom. The standard InChI is InChI=1S/C20H21N3O2S/c24-18(14-6-2-1-3-7-14)15-10-12-23(13-11-15)20(25)22-19-21-16-8-4-5-9-17(16)26-19/h1-9,15,18,24H,10-13H2,(H,21,22,25)/t18-/m1/s1. The summed E-state index contributed by atoms with van der Waals surface area (Å²) in [6.45, 7) is 1.29. The maximum atomic E-state index is 12.5. The Morgan fingerprint density at radius 3 is 2.54 bits per heavy atom. The molecule has 0 radical (unpaired) electrons. The van der Waals surface area contributed by atoms with E-state index < -0.39 is 6.10 Å². The monoisotopic (exact) mass is 367 g/mol. The first-order chi connectivity index (χ1) is 12.7. The molecule has 26 heavy (non-hydrogen) atoms. The number of para-hydroxylation sites is 1. The third-order valence-electron chi connectivity index (χ3n) is 4.92. The average Bonchev–Trinajstić information content (AvgIpc) is 3.10. The molecule has 0 saturated carbocycles. The molecule has 2 amide bonds. The first kappa shape index (κ1) is 17.0. The van der Waals surface area contributed by atoms with Gasteiger partial charge in [0.15, 0.2) is 5.13 Å². The molecular weight excluding hydrogens is 346 g/mol. The van der Waals surface area contributed by atoms with E-state index in [4.69, 9.17) is 0 Å². The van der Waals surface area contributed by atoms with Crippen molar-refractivity contribution >= 4 is 32.7 Å². The van der Waals surface area contributed by atoms with Gasteiger partial charge >= 0.3 is 6.03 Å². The summed E-state index contributed by atoms with van der Waals surface area (Å²) in [6, 6.07) is 17.5. The maximum Gasteiger partial charge on any atom is 0.323 e. The van der Waals surface area contributed by atoms with Crippen LogP contribution in [-0.2, 0) is 0 Å². The number of rotatable bonds is 3. The van der Waals surface area contributed by atoms with Crippen molar-refractivity contribution in [3.05, 3.63) is 60.2 Å². The van der Waals surface area contributed by atoms with Gasteiger partial charge in [-0.3, -0.25) is 5.32 Å². The molecule has 1 aliphatic rings. The Hall–Kier alpha value is -2.44. The molecular formula is C20H21N3O2S. The minimum absolute atomic E-state index is 0.114. The van der Waals surface area contributed by atoms with Crippen LogP contribution in [0.1, 0.15) is 24.5 Å². The van der Waals surface area contributed by atoms with Gasteiger partial charge in [-0.05, 0) is 36.5 Å². The zero-order chi connectivity index (χ0) is 17.9. The van der Waals surface area contributed by atoms with Crippen LogP contribution in [0.5, 0.6) is 0 Å². The number of nitrogens with one attached hydrogen (secondary N) is 1. The normalized spacial score (nSPS) is 16.6. The van der Waals surface area contributed by atoms with Gasteiger partial charge < -0.3 is 10.0 Å². The number of thiazole rings is 1. The van der Waals surface area contributed by atoms with Gasteiger partial charge in [0.2, 0.25) is 0 Å². The Morgan fingerprint density at radius 1 is 1.12 bits per heavy atom. The molecule has 0 bridgehead atoms. The minimum Gasteiger partial charge on any atom is -0.388 e. The number of benzene rings is 2. The topological polar surface area (TPSA) is 65.5 Å². The summed E-state index contributed by atoms with van der Waals surface area (Å²) in [7, 11) is 0. The van der Waals surface area contributed by atoms with Crippen LogP contribution in [0.4, 0.5) is 9.93 Å². The highest BCUT2D eigenvalue weighted by Crippen LogP contribution is 2.31. The van der Waals surface area contributed by atoms with Crippen LogP contribution in [0.15, 0.2) is 54.6 Å². The number of aliphatic hydroxyl groups excluding tert-OH is 1. The number of urea groups is 1. The first-order valence-corrected chi connectivity index (χ1v) is 9.67. The molecule has 2 heterocycles. The van der Waals surface area contributed by atoms with Crippen LogP contribution in [0.2, 0.25) is 0 Å². The molecule has 2 aromatic carbocycles. The number of carbonyl (C=O) groups excluding carboxylic acids is 1. The van der Waals surface area contributed by atoms with E-state index in [2.05, 4.69) is 10.3 Å². The van der Waals surface area contributed by atoms with Gasteiger partial charge in [0.1, 0.15) is 0 Å². The molecule has 3 aromatic rings. The van der Waals surface area contributed by atoms with Crippen molar-refractivity contribution in [1.29, 1.82) is 0 Å². The molecule has 134 valence electrons. The number of piperidine rings is 1. The number of nitrogens with zero attached hydrogens (tertiary/aromatic N) is 2. The summed E-state index contributed by atoms with van der Waals surface area (Å²) in [6.07, 6.45) is 1.12. The predicted octanol–water partition coefficient (Wildman–Crippen LogP) is 4.27. The Balaban J connectivity index is 1.34. The first-order valence-electron chi connectivity index (χ1n) is 8.85. The van der Waals surface area contributed by atoms with Crippen LogP contribution in [0, 0.1) is 5.92 Å². The fourth-order valence-corrected chi connectivity index (χ4v) is 4.29. The highest BCUT2D eigenvalue weighted by atomic mass is 32.1. The number of hydrogen-bond acceptors (Lipinski definition) is 4. The SMILES string of the molecule is O=C(Nc1nc2ccccc2s1)N1CCC([C@H](O)c2ccccc2)CC1. The van der Waals surface area contributed by atoms with E-state index in [9.17, 15) is 9.90 Å². The number of likely N-dealkylation sites (tertiary alicyclic amines) is 1. The third-order valence-corrected chi connectivity index (χ3v) is 5.87.